The lowest BCUT2D eigenvalue weighted by Crippen LogP contribution is -2.35. The van der Waals surface area contributed by atoms with Crippen LogP contribution < -0.4 is 5.32 Å². The second-order valence-corrected chi connectivity index (χ2v) is 4.98. The number of furan rings is 1. The Bertz CT molecular complexity index is 658. The van der Waals surface area contributed by atoms with E-state index < -0.39 is 0 Å². The molecular weight excluding hydrogens is 282 g/mol. The highest BCUT2D eigenvalue weighted by Crippen LogP contribution is 2.14. The van der Waals surface area contributed by atoms with Gasteiger partial charge in [-0.25, -0.2) is 9.97 Å². The molecule has 0 atom stereocenters. The third-order valence-corrected chi connectivity index (χ3v) is 3.43. The van der Waals surface area contributed by atoms with Crippen molar-refractivity contribution < 1.29 is 9.15 Å². The molecule has 0 unspecified atom stereocenters. The Morgan fingerprint density at radius 1 is 1.18 bits per heavy atom. The summed E-state index contributed by atoms with van der Waals surface area (Å²) in [5.74, 6) is 2.20. The third kappa shape index (κ3) is 3.61. The number of aromatic nitrogens is 2. The fraction of sp³-hybridized carbons (Fsp3) is 0.400. The van der Waals surface area contributed by atoms with Gasteiger partial charge in [0.05, 0.1) is 26.3 Å². The first-order valence-corrected chi connectivity index (χ1v) is 7.18. The van der Waals surface area contributed by atoms with Crippen LogP contribution in [0.4, 0.5) is 5.82 Å². The molecule has 0 bridgehead atoms. The first kappa shape index (κ1) is 14.5. The topological polar surface area (TPSA) is 87.2 Å². The Morgan fingerprint density at radius 3 is 2.77 bits per heavy atom. The molecule has 7 heteroatoms. The van der Waals surface area contributed by atoms with Crippen LogP contribution in [0.2, 0.25) is 0 Å². The van der Waals surface area contributed by atoms with Crippen molar-refractivity contribution >= 4 is 5.82 Å². The highest BCUT2D eigenvalue weighted by molar-refractivity contribution is 5.46. The van der Waals surface area contributed by atoms with E-state index in [4.69, 9.17) is 14.4 Å². The summed E-state index contributed by atoms with van der Waals surface area (Å²) >= 11 is 0. The van der Waals surface area contributed by atoms with Crippen molar-refractivity contribution in [3.8, 4) is 6.07 Å². The molecule has 0 amide bonds. The summed E-state index contributed by atoms with van der Waals surface area (Å²) in [5.41, 5.74) is 0.280. The molecule has 1 fully saturated rings. The van der Waals surface area contributed by atoms with Crippen LogP contribution in [0.15, 0.2) is 28.9 Å². The number of ether oxygens (including phenoxy) is 1. The summed E-state index contributed by atoms with van der Waals surface area (Å²) in [6.07, 6.45) is 3.05. The van der Waals surface area contributed by atoms with Gasteiger partial charge in [0.2, 0.25) is 0 Å². The Morgan fingerprint density at radius 2 is 1.95 bits per heavy atom. The highest BCUT2D eigenvalue weighted by Gasteiger charge is 2.13. The predicted octanol–water partition coefficient (Wildman–Crippen LogP) is 1.39. The lowest BCUT2D eigenvalue weighted by atomic mass is 10.3. The van der Waals surface area contributed by atoms with Gasteiger partial charge >= 0.3 is 0 Å². The number of hydrogen-bond acceptors (Lipinski definition) is 7. The fourth-order valence-corrected chi connectivity index (χ4v) is 2.30. The molecule has 0 aromatic carbocycles. The molecule has 0 saturated carbocycles. The third-order valence-electron chi connectivity index (χ3n) is 3.43. The molecular formula is C15H17N5O2. The van der Waals surface area contributed by atoms with Crippen molar-refractivity contribution in [2.24, 2.45) is 0 Å². The molecule has 114 valence electrons. The zero-order valence-electron chi connectivity index (χ0n) is 12.2. The SMILES string of the molecule is N#Cc1nccnc1NCc1ccc(CN2CCOCC2)o1. The van der Waals surface area contributed by atoms with Gasteiger partial charge in [-0.15, -0.1) is 0 Å². The van der Waals surface area contributed by atoms with E-state index in [1.165, 1.54) is 6.20 Å². The van der Waals surface area contributed by atoms with Crippen LogP contribution in [0.1, 0.15) is 17.2 Å². The van der Waals surface area contributed by atoms with Crippen LogP contribution in [-0.2, 0) is 17.8 Å². The first-order chi connectivity index (χ1) is 10.8. The van der Waals surface area contributed by atoms with Gasteiger partial charge in [0, 0.05) is 25.5 Å². The standard InChI is InChI=1S/C15H17N5O2/c16-9-14-15(18-4-3-17-14)19-10-12-1-2-13(22-12)11-20-5-7-21-8-6-20/h1-4H,5-8,10-11H2,(H,18,19). The van der Waals surface area contributed by atoms with Crippen LogP contribution in [0.25, 0.3) is 0 Å². The van der Waals surface area contributed by atoms with Gasteiger partial charge in [-0.3, -0.25) is 4.90 Å². The second kappa shape index (κ2) is 7.02. The van der Waals surface area contributed by atoms with E-state index >= 15 is 0 Å². The summed E-state index contributed by atoms with van der Waals surface area (Å²) in [6.45, 7) is 4.67. The molecule has 1 saturated heterocycles. The van der Waals surface area contributed by atoms with Gasteiger partial charge < -0.3 is 14.5 Å². The quantitative estimate of drug-likeness (QED) is 0.892. The van der Waals surface area contributed by atoms with E-state index in [-0.39, 0.29) is 5.69 Å². The van der Waals surface area contributed by atoms with E-state index in [9.17, 15) is 0 Å². The molecule has 1 aliphatic heterocycles. The van der Waals surface area contributed by atoms with Crippen molar-refractivity contribution in [3.05, 3.63) is 41.7 Å². The Balaban J connectivity index is 1.56. The largest absolute Gasteiger partial charge is 0.463 e. The summed E-state index contributed by atoms with van der Waals surface area (Å²) in [7, 11) is 0. The smallest absolute Gasteiger partial charge is 0.182 e. The van der Waals surface area contributed by atoms with E-state index in [1.54, 1.807) is 6.20 Å². The average molecular weight is 299 g/mol. The lowest BCUT2D eigenvalue weighted by Gasteiger charge is -2.25. The van der Waals surface area contributed by atoms with Crippen molar-refractivity contribution in [1.29, 1.82) is 5.26 Å². The maximum absolute atomic E-state index is 8.97. The molecule has 22 heavy (non-hydrogen) atoms. The van der Waals surface area contributed by atoms with Crippen LogP contribution in [-0.4, -0.2) is 41.2 Å². The molecule has 0 radical (unpaired) electrons. The van der Waals surface area contributed by atoms with Crippen LogP contribution in [0, 0.1) is 11.3 Å². The van der Waals surface area contributed by atoms with Crippen molar-refractivity contribution in [2.75, 3.05) is 31.6 Å². The average Bonchev–Trinajstić information content (AvgIpc) is 3.01. The number of anilines is 1. The summed E-state index contributed by atoms with van der Waals surface area (Å²) in [5, 5.41) is 12.0. The summed E-state index contributed by atoms with van der Waals surface area (Å²) in [6, 6.07) is 5.92. The van der Waals surface area contributed by atoms with E-state index in [0.717, 1.165) is 44.4 Å². The number of nitrogens with one attached hydrogen (secondary N) is 1. The number of rotatable bonds is 5. The zero-order chi connectivity index (χ0) is 15.2. The summed E-state index contributed by atoms with van der Waals surface area (Å²) < 4.78 is 11.1. The number of morpholine rings is 1. The van der Waals surface area contributed by atoms with Crippen molar-refractivity contribution in [3.63, 3.8) is 0 Å². The minimum Gasteiger partial charge on any atom is -0.463 e. The molecule has 0 aliphatic carbocycles. The van der Waals surface area contributed by atoms with E-state index in [0.29, 0.717) is 12.4 Å². The van der Waals surface area contributed by atoms with E-state index in [1.807, 2.05) is 18.2 Å². The second-order valence-electron chi connectivity index (χ2n) is 4.98. The first-order valence-electron chi connectivity index (χ1n) is 7.18. The van der Waals surface area contributed by atoms with Gasteiger partial charge in [0.1, 0.15) is 17.6 Å². The number of hydrogen-bond donors (Lipinski definition) is 1. The van der Waals surface area contributed by atoms with Gasteiger partial charge in [-0.2, -0.15) is 5.26 Å². The zero-order valence-corrected chi connectivity index (χ0v) is 12.2. The highest BCUT2D eigenvalue weighted by atomic mass is 16.5. The van der Waals surface area contributed by atoms with Crippen LogP contribution >= 0.6 is 0 Å². The number of nitrogens with zero attached hydrogens (tertiary/aromatic N) is 4. The van der Waals surface area contributed by atoms with Crippen LogP contribution in [0.3, 0.4) is 0 Å². The van der Waals surface area contributed by atoms with Gasteiger partial charge in [-0.05, 0) is 12.1 Å². The minimum atomic E-state index is 0.280. The van der Waals surface area contributed by atoms with Gasteiger partial charge in [0.25, 0.3) is 0 Å². The molecule has 2 aromatic heterocycles. The Hall–Kier alpha value is -2.43. The molecule has 3 rings (SSSR count). The maximum atomic E-state index is 8.97. The molecule has 0 spiro atoms. The lowest BCUT2D eigenvalue weighted by molar-refractivity contribution is 0.0312. The van der Waals surface area contributed by atoms with Gasteiger partial charge in [-0.1, -0.05) is 0 Å². The predicted molar refractivity (Wildman–Crippen MR) is 78.9 cm³/mol. The minimum absolute atomic E-state index is 0.280. The molecule has 7 nitrogen and oxygen atoms in total. The normalized spacial score (nSPS) is 15.4. The number of nitriles is 1. The Labute approximate surface area is 128 Å². The Kier molecular flexibility index (Phi) is 4.63. The van der Waals surface area contributed by atoms with Crippen molar-refractivity contribution in [1.82, 2.24) is 14.9 Å². The van der Waals surface area contributed by atoms with E-state index in [2.05, 4.69) is 20.2 Å². The van der Waals surface area contributed by atoms with Gasteiger partial charge in [0.15, 0.2) is 11.5 Å². The molecule has 1 N–H and O–H groups in total. The van der Waals surface area contributed by atoms with Crippen molar-refractivity contribution in [2.45, 2.75) is 13.1 Å². The summed E-state index contributed by atoms with van der Waals surface area (Å²) in [4.78, 5) is 10.4. The van der Waals surface area contributed by atoms with Crippen LogP contribution in [0.5, 0.6) is 0 Å². The fourth-order valence-electron chi connectivity index (χ4n) is 2.30. The molecule has 1 aliphatic rings. The molecule has 3 heterocycles. The maximum Gasteiger partial charge on any atom is 0.182 e. The monoisotopic (exact) mass is 299 g/mol. The molecule has 2 aromatic rings.